The van der Waals surface area contributed by atoms with Gasteiger partial charge in [-0.2, -0.15) is 0 Å². The van der Waals surface area contributed by atoms with E-state index < -0.39 is 28.7 Å². The van der Waals surface area contributed by atoms with Crippen molar-refractivity contribution in [3.63, 3.8) is 0 Å². The monoisotopic (exact) mass is 501 g/mol. The zero-order valence-electron chi connectivity index (χ0n) is 21.1. The average Bonchev–Trinajstić information content (AvgIpc) is 2.86. The first-order valence-electron chi connectivity index (χ1n) is 12.0. The number of aryl methyl sites for hydroxylation is 1. The highest BCUT2D eigenvalue weighted by Gasteiger charge is 2.31. The van der Waals surface area contributed by atoms with Gasteiger partial charge < -0.3 is 19.3 Å². The standard InChI is InChI=1S/C28H27N3O6/c1-16(2)37-28(33)23-12-21(31(34)35)11-22(27(32)36-4)26(23)18-6-8-25-20(10-18)14-30-15-29(25)13-19-9-17(3)5-7-24(19)30/h5-12,16H,13-15H2,1-4H3. The lowest BCUT2D eigenvalue weighted by Crippen LogP contribution is -2.46. The molecule has 2 heterocycles. The minimum Gasteiger partial charge on any atom is -0.465 e. The lowest BCUT2D eigenvalue weighted by molar-refractivity contribution is -0.384. The molecule has 2 aliphatic rings. The molecular weight excluding hydrogens is 474 g/mol. The number of rotatable bonds is 5. The van der Waals surface area contributed by atoms with Gasteiger partial charge in [-0.1, -0.05) is 23.8 Å². The van der Waals surface area contributed by atoms with Gasteiger partial charge >= 0.3 is 11.9 Å². The van der Waals surface area contributed by atoms with Crippen LogP contribution >= 0.6 is 0 Å². The van der Waals surface area contributed by atoms with E-state index in [1.165, 1.54) is 23.9 Å². The largest absolute Gasteiger partial charge is 0.465 e. The number of nitro groups is 1. The first-order valence-corrected chi connectivity index (χ1v) is 12.0. The minimum atomic E-state index is -0.774. The molecule has 0 unspecified atom stereocenters. The van der Waals surface area contributed by atoms with E-state index in [9.17, 15) is 19.7 Å². The summed E-state index contributed by atoms with van der Waals surface area (Å²) >= 11 is 0. The van der Waals surface area contributed by atoms with Gasteiger partial charge in [-0.15, -0.1) is 0 Å². The summed E-state index contributed by atoms with van der Waals surface area (Å²) in [5, 5.41) is 11.6. The number of fused-ring (bicyclic) bond motifs is 6. The van der Waals surface area contributed by atoms with Crippen molar-refractivity contribution in [3.05, 3.63) is 86.5 Å². The number of esters is 2. The van der Waals surface area contributed by atoms with Crippen molar-refractivity contribution in [1.29, 1.82) is 0 Å². The topological polar surface area (TPSA) is 102 Å². The molecule has 2 aliphatic heterocycles. The fraction of sp³-hybridized carbons (Fsp3) is 0.286. The molecule has 0 aliphatic carbocycles. The van der Waals surface area contributed by atoms with Crippen molar-refractivity contribution >= 4 is 29.0 Å². The summed E-state index contributed by atoms with van der Waals surface area (Å²) in [7, 11) is 1.20. The van der Waals surface area contributed by atoms with Crippen LogP contribution < -0.4 is 9.80 Å². The first-order chi connectivity index (χ1) is 17.7. The number of nitro benzene ring substituents is 1. The summed E-state index contributed by atoms with van der Waals surface area (Å²) in [4.78, 5) is 41.4. The molecule has 0 fully saturated rings. The number of carbonyl (C=O) groups is 2. The molecule has 0 saturated heterocycles. The highest BCUT2D eigenvalue weighted by Crippen LogP contribution is 2.41. The Morgan fingerprint density at radius 2 is 1.51 bits per heavy atom. The molecule has 3 aromatic carbocycles. The summed E-state index contributed by atoms with van der Waals surface area (Å²) < 4.78 is 10.3. The molecule has 0 saturated carbocycles. The Bertz CT molecular complexity index is 1450. The first kappa shape index (κ1) is 24.3. The van der Waals surface area contributed by atoms with Crippen LogP contribution in [0, 0.1) is 17.0 Å². The number of methoxy groups -OCH3 is 1. The Hall–Kier alpha value is -4.40. The quantitative estimate of drug-likeness (QED) is 0.266. The second-order valence-corrected chi connectivity index (χ2v) is 9.63. The molecule has 37 heavy (non-hydrogen) atoms. The molecule has 0 amide bonds. The van der Waals surface area contributed by atoms with Crippen LogP contribution in [0.1, 0.15) is 51.3 Å². The summed E-state index contributed by atoms with van der Waals surface area (Å²) in [6.45, 7) is 7.64. The van der Waals surface area contributed by atoms with Crippen molar-refractivity contribution in [2.75, 3.05) is 23.6 Å². The number of non-ortho nitro benzene ring substituents is 1. The predicted octanol–water partition coefficient (Wildman–Crippen LogP) is 5.22. The molecule has 2 bridgehead atoms. The Morgan fingerprint density at radius 1 is 0.919 bits per heavy atom. The van der Waals surface area contributed by atoms with Crippen LogP contribution in [0.4, 0.5) is 17.1 Å². The fourth-order valence-corrected chi connectivity index (χ4v) is 5.12. The third-order valence-corrected chi connectivity index (χ3v) is 6.65. The maximum absolute atomic E-state index is 13.1. The molecule has 9 heteroatoms. The average molecular weight is 502 g/mol. The van der Waals surface area contributed by atoms with Gasteiger partial charge in [0.2, 0.25) is 0 Å². The lowest BCUT2D eigenvalue weighted by atomic mass is 9.90. The van der Waals surface area contributed by atoms with Crippen molar-refractivity contribution in [2.45, 2.75) is 40.0 Å². The second-order valence-electron chi connectivity index (χ2n) is 9.63. The van der Waals surface area contributed by atoms with Gasteiger partial charge in [0.05, 0.1) is 35.9 Å². The molecule has 5 rings (SSSR count). The van der Waals surface area contributed by atoms with Gasteiger partial charge in [0, 0.05) is 42.2 Å². The van der Waals surface area contributed by atoms with Crippen LogP contribution in [0.5, 0.6) is 0 Å². The molecular formula is C28H27N3O6. The van der Waals surface area contributed by atoms with Crippen molar-refractivity contribution in [1.82, 2.24) is 0 Å². The van der Waals surface area contributed by atoms with E-state index in [-0.39, 0.29) is 16.7 Å². The number of nitrogens with zero attached hydrogens (tertiary/aromatic N) is 3. The van der Waals surface area contributed by atoms with Gasteiger partial charge in [0.25, 0.3) is 5.69 Å². The molecule has 190 valence electrons. The zero-order valence-corrected chi connectivity index (χ0v) is 21.1. The summed E-state index contributed by atoms with van der Waals surface area (Å²) in [5.41, 5.74) is 6.08. The fourth-order valence-electron chi connectivity index (χ4n) is 5.12. The van der Waals surface area contributed by atoms with Gasteiger partial charge in [-0.05, 0) is 55.7 Å². The van der Waals surface area contributed by atoms with Crippen molar-refractivity contribution in [3.8, 4) is 11.1 Å². The summed E-state index contributed by atoms with van der Waals surface area (Å²) in [6, 6.07) is 14.5. The van der Waals surface area contributed by atoms with E-state index in [4.69, 9.17) is 9.47 Å². The number of benzene rings is 3. The lowest BCUT2D eigenvalue weighted by Gasteiger charge is -2.45. The van der Waals surface area contributed by atoms with Crippen LogP contribution in [0.25, 0.3) is 11.1 Å². The van der Waals surface area contributed by atoms with E-state index in [0.717, 1.165) is 36.6 Å². The number of anilines is 2. The van der Waals surface area contributed by atoms with E-state index in [2.05, 4.69) is 34.9 Å². The normalized spacial score (nSPS) is 13.6. The van der Waals surface area contributed by atoms with E-state index >= 15 is 0 Å². The second kappa shape index (κ2) is 9.24. The Morgan fingerprint density at radius 3 is 2.11 bits per heavy atom. The smallest absolute Gasteiger partial charge is 0.339 e. The molecule has 0 spiro atoms. The molecule has 3 aromatic rings. The van der Waals surface area contributed by atoms with Crippen LogP contribution in [0.15, 0.2) is 48.5 Å². The molecule has 0 N–H and O–H groups in total. The van der Waals surface area contributed by atoms with E-state index in [0.29, 0.717) is 12.1 Å². The Balaban J connectivity index is 1.66. The van der Waals surface area contributed by atoms with Crippen molar-refractivity contribution in [2.24, 2.45) is 0 Å². The van der Waals surface area contributed by atoms with Gasteiger partial charge in [0.1, 0.15) is 0 Å². The summed E-state index contributed by atoms with van der Waals surface area (Å²) in [6.07, 6.45) is -0.451. The maximum atomic E-state index is 13.1. The minimum absolute atomic E-state index is 0.0549. The van der Waals surface area contributed by atoms with Crippen LogP contribution in [0.3, 0.4) is 0 Å². The third kappa shape index (κ3) is 4.37. The third-order valence-electron chi connectivity index (χ3n) is 6.65. The Kier molecular flexibility index (Phi) is 6.07. The van der Waals surface area contributed by atoms with Crippen LogP contribution in [-0.2, 0) is 22.6 Å². The Labute approximate surface area is 214 Å². The SMILES string of the molecule is COC(=O)c1cc([N+](=O)[O-])cc(C(=O)OC(C)C)c1-c1ccc2c(c1)CN1CN2Cc2cc(C)ccc21. The van der Waals surface area contributed by atoms with Gasteiger partial charge in [-0.25, -0.2) is 9.59 Å². The van der Waals surface area contributed by atoms with Crippen LogP contribution in [-0.4, -0.2) is 36.7 Å². The number of hydrogen-bond acceptors (Lipinski definition) is 8. The van der Waals surface area contributed by atoms with Crippen LogP contribution in [0.2, 0.25) is 0 Å². The van der Waals surface area contributed by atoms with Gasteiger partial charge in [-0.3, -0.25) is 10.1 Å². The molecule has 0 aromatic heterocycles. The van der Waals surface area contributed by atoms with Gasteiger partial charge in [0.15, 0.2) is 0 Å². The molecule has 9 nitrogen and oxygen atoms in total. The number of hydrogen-bond donors (Lipinski definition) is 0. The number of carbonyl (C=O) groups excluding carboxylic acids is 2. The molecule has 0 radical (unpaired) electrons. The molecule has 0 atom stereocenters. The van der Waals surface area contributed by atoms with E-state index in [1.807, 2.05) is 18.2 Å². The highest BCUT2D eigenvalue weighted by molar-refractivity contribution is 6.07. The highest BCUT2D eigenvalue weighted by atomic mass is 16.6. The van der Waals surface area contributed by atoms with Crippen molar-refractivity contribution < 1.29 is 24.0 Å². The zero-order chi connectivity index (χ0) is 26.4. The predicted molar refractivity (Wildman–Crippen MR) is 139 cm³/mol. The number of ether oxygens (including phenoxy) is 2. The summed E-state index contributed by atoms with van der Waals surface area (Å²) in [5.74, 6) is -1.52. The maximum Gasteiger partial charge on any atom is 0.339 e. The van der Waals surface area contributed by atoms with E-state index in [1.54, 1.807) is 13.8 Å².